The lowest BCUT2D eigenvalue weighted by Gasteiger charge is -2.37. The highest BCUT2D eigenvalue weighted by Gasteiger charge is 2.34. The zero-order valence-electron chi connectivity index (χ0n) is 24.1. The van der Waals surface area contributed by atoms with E-state index in [0.717, 1.165) is 37.5 Å². The Morgan fingerprint density at radius 3 is 1.95 bits per heavy atom. The molecule has 2 saturated carbocycles. The van der Waals surface area contributed by atoms with E-state index in [-0.39, 0.29) is 23.2 Å². The van der Waals surface area contributed by atoms with Crippen molar-refractivity contribution in [2.45, 2.75) is 123 Å². The summed E-state index contributed by atoms with van der Waals surface area (Å²) in [7, 11) is 0. The predicted octanol–water partition coefficient (Wildman–Crippen LogP) is 10.6. The molecule has 214 valence electrons. The smallest absolute Gasteiger partial charge is 0.201 e. The van der Waals surface area contributed by atoms with Crippen molar-refractivity contribution in [2.24, 2.45) is 23.7 Å². The van der Waals surface area contributed by atoms with Crippen LogP contribution in [0, 0.1) is 41.1 Å². The van der Waals surface area contributed by atoms with Gasteiger partial charge < -0.3 is 4.74 Å². The first-order valence-electron chi connectivity index (χ1n) is 15.9. The molecule has 1 heterocycles. The molecule has 0 N–H and O–H groups in total. The topological polar surface area (TPSA) is 9.23 Å². The summed E-state index contributed by atoms with van der Waals surface area (Å²) < 4.78 is 51.9. The van der Waals surface area contributed by atoms with Gasteiger partial charge in [-0.05, 0) is 91.0 Å². The molecule has 0 aromatic heterocycles. The molecule has 2 aliphatic carbocycles. The quantitative estimate of drug-likeness (QED) is 0.307. The molecule has 39 heavy (non-hydrogen) atoms. The van der Waals surface area contributed by atoms with Gasteiger partial charge in [-0.2, -0.15) is 4.39 Å². The van der Waals surface area contributed by atoms with Crippen LogP contribution in [0.3, 0.4) is 0 Å². The molecule has 1 nitrogen and oxygen atoms in total. The maximum absolute atomic E-state index is 15.3. The molecule has 4 heteroatoms. The number of aryl methyl sites for hydroxylation is 2. The number of halogens is 3. The van der Waals surface area contributed by atoms with Crippen molar-refractivity contribution < 1.29 is 17.9 Å². The van der Waals surface area contributed by atoms with E-state index in [2.05, 4.69) is 13.8 Å². The molecule has 3 aliphatic rings. The maximum Gasteiger partial charge on any atom is 0.201 e. The summed E-state index contributed by atoms with van der Waals surface area (Å²) in [5.74, 6) is 0.661. The standard InChI is InChI=1S/C35H47F3O/c1-3-5-23-7-9-25(10-8-23)11-14-26-17-18-28(22-31(26)36)30-21-29-19-20-32(39-35(29)34(38)33(30)37)27-15-12-24(6-4-2)13-16-27/h17-18,21-25,27,32H,3-16,19-20H2,1-2H3. The van der Waals surface area contributed by atoms with Gasteiger partial charge >= 0.3 is 0 Å². The van der Waals surface area contributed by atoms with Crippen molar-refractivity contribution in [3.63, 3.8) is 0 Å². The zero-order valence-corrected chi connectivity index (χ0v) is 24.1. The van der Waals surface area contributed by atoms with E-state index in [1.54, 1.807) is 18.2 Å². The van der Waals surface area contributed by atoms with Crippen LogP contribution in [-0.4, -0.2) is 6.10 Å². The van der Waals surface area contributed by atoms with Gasteiger partial charge in [-0.25, -0.2) is 8.78 Å². The third-order valence-corrected chi connectivity index (χ3v) is 10.2. The van der Waals surface area contributed by atoms with Crippen molar-refractivity contribution in [1.82, 2.24) is 0 Å². The average Bonchev–Trinajstić information content (AvgIpc) is 2.96. The minimum absolute atomic E-state index is 0.0433. The van der Waals surface area contributed by atoms with E-state index >= 15 is 13.2 Å². The van der Waals surface area contributed by atoms with Gasteiger partial charge in [0.05, 0.1) is 0 Å². The van der Waals surface area contributed by atoms with E-state index < -0.39 is 11.6 Å². The Morgan fingerprint density at radius 2 is 1.33 bits per heavy atom. The van der Waals surface area contributed by atoms with Crippen molar-refractivity contribution in [3.8, 4) is 16.9 Å². The third kappa shape index (κ3) is 6.68. The highest BCUT2D eigenvalue weighted by molar-refractivity contribution is 5.67. The monoisotopic (exact) mass is 540 g/mol. The molecule has 1 unspecified atom stereocenters. The molecule has 0 saturated heterocycles. The molecule has 5 rings (SSSR count). The first-order valence-corrected chi connectivity index (χ1v) is 15.9. The molecule has 0 amide bonds. The minimum Gasteiger partial charge on any atom is -0.487 e. The van der Waals surface area contributed by atoms with Crippen molar-refractivity contribution in [1.29, 1.82) is 0 Å². The fourth-order valence-corrected chi connectivity index (χ4v) is 7.78. The van der Waals surface area contributed by atoms with Gasteiger partial charge in [0.25, 0.3) is 0 Å². The molecular weight excluding hydrogens is 493 g/mol. The Bertz CT molecular complexity index is 1100. The molecule has 1 atom stereocenters. The maximum atomic E-state index is 15.3. The summed E-state index contributed by atoms with van der Waals surface area (Å²) in [6.07, 6.45) is 18.0. The molecule has 2 fully saturated rings. The Morgan fingerprint density at radius 1 is 0.718 bits per heavy atom. The number of rotatable bonds is 9. The van der Waals surface area contributed by atoms with Crippen molar-refractivity contribution in [2.75, 3.05) is 0 Å². The van der Waals surface area contributed by atoms with Crippen molar-refractivity contribution >= 4 is 0 Å². The summed E-state index contributed by atoms with van der Waals surface area (Å²) in [6, 6.07) is 6.60. The Kier molecular flexibility index (Phi) is 9.61. The van der Waals surface area contributed by atoms with Gasteiger partial charge in [-0.1, -0.05) is 90.2 Å². The fourth-order valence-electron chi connectivity index (χ4n) is 7.78. The largest absolute Gasteiger partial charge is 0.487 e. The second-order valence-corrected chi connectivity index (χ2v) is 12.8. The summed E-state index contributed by atoms with van der Waals surface area (Å²) in [5.41, 5.74) is 1.90. The number of hydrogen-bond donors (Lipinski definition) is 0. The molecule has 1 aliphatic heterocycles. The Balaban J connectivity index is 1.23. The summed E-state index contributed by atoms with van der Waals surface area (Å²) in [5, 5.41) is 0. The Labute approximate surface area is 233 Å². The number of fused-ring (bicyclic) bond motifs is 1. The van der Waals surface area contributed by atoms with Crippen LogP contribution in [0.1, 0.15) is 115 Å². The minimum atomic E-state index is -0.933. The highest BCUT2D eigenvalue weighted by atomic mass is 19.2. The lowest BCUT2D eigenvalue weighted by atomic mass is 9.76. The fraction of sp³-hybridized carbons (Fsp3) is 0.657. The summed E-state index contributed by atoms with van der Waals surface area (Å²) >= 11 is 0. The predicted molar refractivity (Wildman–Crippen MR) is 154 cm³/mol. The number of ether oxygens (including phenoxy) is 1. The van der Waals surface area contributed by atoms with Crippen LogP contribution in [0.15, 0.2) is 24.3 Å². The average molecular weight is 541 g/mol. The second-order valence-electron chi connectivity index (χ2n) is 12.8. The lowest BCUT2D eigenvalue weighted by molar-refractivity contribution is 0.0711. The normalized spacial score (nSPS) is 27.2. The van der Waals surface area contributed by atoms with E-state index in [0.29, 0.717) is 41.4 Å². The van der Waals surface area contributed by atoms with Crippen LogP contribution in [0.5, 0.6) is 5.75 Å². The molecule has 2 aromatic carbocycles. The van der Waals surface area contributed by atoms with Gasteiger partial charge in [0.2, 0.25) is 5.82 Å². The van der Waals surface area contributed by atoms with E-state index in [1.165, 1.54) is 70.3 Å². The van der Waals surface area contributed by atoms with Gasteiger partial charge in [0, 0.05) is 5.56 Å². The first-order chi connectivity index (χ1) is 19.0. The van der Waals surface area contributed by atoms with Crippen molar-refractivity contribution in [3.05, 3.63) is 52.8 Å². The zero-order chi connectivity index (χ0) is 27.4. The van der Waals surface area contributed by atoms with Crippen LogP contribution >= 0.6 is 0 Å². The Hall–Kier alpha value is -1.97. The number of benzene rings is 2. The molecular formula is C35H47F3O. The van der Waals surface area contributed by atoms with Gasteiger partial charge in [0.15, 0.2) is 11.6 Å². The molecule has 2 aromatic rings. The van der Waals surface area contributed by atoms with E-state index in [4.69, 9.17) is 4.74 Å². The van der Waals surface area contributed by atoms with Crippen LogP contribution in [-0.2, 0) is 12.8 Å². The number of hydrogen-bond acceptors (Lipinski definition) is 1. The van der Waals surface area contributed by atoms with Crippen LogP contribution < -0.4 is 4.74 Å². The molecule has 0 bridgehead atoms. The van der Waals surface area contributed by atoms with Gasteiger partial charge in [-0.3, -0.25) is 0 Å². The summed E-state index contributed by atoms with van der Waals surface area (Å²) in [4.78, 5) is 0. The van der Waals surface area contributed by atoms with Crippen LogP contribution in [0.2, 0.25) is 0 Å². The molecule has 0 radical (unpaired) electrons. The SMILES string of the molecule is CCCC1CCC(CCc2ccc(-c3cc4c(c(F)c3F)OC(C3CCC(CCC)CC3)CC4)cc2F)CC1. The highest BCUT2D eigenvalue weighted by Crippen LogP contribution is 2.42. The van der Waals surface area contributed by atoms with Crippen LogP contribution in [0.4, 0.5) is 13.2 Å². The third-order valence-electron chi connectivity index (χ3n) is 10.2. The van der Waals surface area contributed by atoms with E-state index in [1.807, 2.05) is 0 Å². The van der Waals surface area contributed by atoms with Gasteiger partial charge in [0.1, 0.15) is 11.9 Å². The lowest BCUT2D eigenvalue weighted by Crippen LogP contribution is -2.34. The first kappa shape index (κ1) is 28.6. The van der Waals surface area contributed by atoms with E-state index in [9.17, 15) is 0 Å². The molecule has 0 spiro atoms. The summed E-state index contributed by atoms with van der Waals surface area (Å²) in [6.45, 7) is 4.49. The van der Waals surface area contributed by atoms with Gasteiger partial charge in [-0.15, -0.1) is 0 Å². The second kappa shape index (κ2) is 13.1. The van der Waals surface area contributed by atoms with Crippen LogP contribution in [0.25, 0.3) is 11.1 Å².